The second-order valence-electron chi connectivity index (χ2n) is 6.70. The molecule has 0 fully saturated rings. The van der Waals surface area contributed by atoms with Crippen molar-refractivity contribution in [2.75, 3.05) is 18.5 Å². The van der Waals surface area contributed by atoms with Crippen molar-refractivity contribution in [2.45, 2.75) is 24.1 Å². The lowest BCUT2D eigenvalue weighted by Gasteiger charge is -2.31. The quantitative estimate of drug-likeness (QED) is 0.657. The lowest BCUT2D eigenvalue weighted by Crippen LogP contribution is -2.43. The first-order valence-electron chi connectivity index (χ1n) is 8.97. The average molecular weight is 412 g/mol. The maximum atomic E-state index is 13.0. The van der Waals surface area contributed by atoms with Crippen LogP contribution in [0.5, 0.6) is 0 Å². The molecule has 0 bridgehead atoms. The van der Waals surface area contributed by atoms with Gasteiger partial charge in [0.2, 0.25) is 0 Å². The van der Waals surface area contributed by atoms with Gasteiger partial charge in [-0.25, -0.2) is 9.78 Å². The van der Waals surface area contributed by atoms with E-state index in [1.54, 1.807) is 18.1 Å². The number of carbonyl (C=O) groups is 1. The highest BCUT2D eigenvalue weighted by atomic mass is 32.2. The summed E-state index contributed by atoms with van der Waals surface area (Å²) in [7, 11) is 1.77. The monoisotopic (exact) mass is 411 g/mol. The van der Waals surface area contributed by atoms with Crippen molar-refractivity contribution in [2.24, 2.45) is 5.14 Å². The number of fused-ring (bicyclic) bond motifs is 1. The molecule has 0 atom stereocenters. The van der Waals surface area contributed by atoms with Gasteiger partial charge in [0.25, 0.3) is 0 Å². The van der Waals surface area contributed by atoms with Crippen LogP contribution in [-0.2, 0) is 13.0 Å². The number of carbonyl (C=O) groups excluding carboxylic acids is 1. The van der Waals surface area contributed by atoms with E-state index in [1.165, 1.54) is 34.4 Å². The number of anilines is 1. The van der Waals surface area contributed by atoms with Crippen LogP contribution in [0.2, 0.25) is 0 Å². The minimum absolute atomic E-state index is 0.0400. The molecule has 0 saturated heterocycles. The number of hydrogen-bond donors (Lipinski definition) is 1. The van der Waals surface area contributed by atoms with E-state index in [2.05, 4.69) is 28.2 Å². The van der Waals surface area contributed by atoms with Crippen LogP contribution in [0.25, 0.3) is 11.3 Å². The largest absolute Gasteiger partial charge is 0.326 e. The van der Waals surface area contributed by atoms with Crippen molar-refractivity contribution in [3.8, 4) is 11.3 Å². The fourth-order valence-corrected chi connectivity index (χ4v) is 4.71. The molecule has 0 aliphatic carbocycles. The Morgan fingerprint density at radius 3 is 2.86 bits per heavy atom. The van der Waals surface area contributed by atoms with E-state index in [0.29, 0.717) is 18.2 Å². The molecule has 2 aromatic heterocycles. The van der Waals surface area contributed by atoms with Gasteiger partial charge >= 0.3 is 6.03 Å². The van der Waals surface area contributed by atoms with Crippen LogP contribution in [0.1, 0.15) is 16.8 Å². The molecular weight excluding hydrogens is 390 g/mol. The summed E-state index contributed by atoms with van der Waals surface area (Å²) in [4.78, 5) is 25.4. The summed E-state index contributed by atoms with van der Waals surface area (Å²) in [6.45, 7) is 3.19. The van der Waals surface area contributed by atoms with Gasteiger partial charge in [-0.2, -0.15) is 0 Å². The van der Waals surface area contributed by atoms with Crippen LogP contribution in [-0.4, -0.2) is 34.5 Å². The molecule has 6 nitrogen and oxygen atoms in total. The lowest BCUT2D eigenvalue weighted by atomic mass is 9.96. The van der Waals surface area contributed by atoms with Crippen LogP contribution in [0, 0.1) is 6.92 Å². The first-order valence-corrected chi connectivity index (χ1v) is 10.7. The van der Waals surface area contributed by atoms with Gasteiger partial charge < -0.3 is 4.90 Å². The number of hydrogen-bond acceptors (Lipinski definition) is 6. The third kappa shape index (κ3) is 3.63. The highest BCUT2D eigenvalue weighted by Gasteiger charge is 2.26. The number of amides is 2. The first kappa shape index (κ1) is 18.9. The Balaban J connectivity index is 1.51. The summed E-state index contributed by atoms with van der Waals surface area (Å²) in [5, 5.41) is 6.33. The van der Waals surface area contributed by atoms with E-state index >= 15 is 0 Å². The predicted octanol–water partition coefficient (Wildman–Crippen LogP) is 4.09. The molecule has 0 radical (unpaired) electrons. The summed E-state index contributed by atoms with van der Waals surface area (Å²) in [6, 6.07) is 12.3. The Labute approximate surface area is 172 Å². The smallest absolute Gasteiger partial charge is 0.320 e. The van der Waals surface area contributed by atoms with Gasteiger partial charge in [-0.15, -0.1) is 0 Å². The van der Waals surface area contributed by atoms with Gasteiger partial charge in [-0.05, 0) is 54.6 Å². The van der Waals surface area contributed by atoms with E-state index in [1.807, 2.05) is 30.0 Å². The fraction of sp³-hybridized carbons (Fsp3) is 0.250. The summed E-state index contributed by atoms with van der Waals surface area (Å²) >= 11 is 2.61. The molecular formula is C20H21N5OS2. The lowest BCUT2D eigenvalue weighted by molar-refractivity contribution is 0.200. The van der Waals surface area contributed by atoms with Gasteiger partial charge in [-0.1, -0.05) is 29.5 Å². The Morgan fingerprint density at radius 2 is 2.14 bits per heavy atom. The standard InChI is InChI=1S/C20H21N5OS2/c1-13-18(28-21)27-19(23-13)24(2)20(26)25-10-8-14-11-15(6-7-16(14)12-25)17-5-3-4-9-22-17/h3-7,9,11H,8,10,12,21H2,1-2H3. The normalized spacial score (nSPS) is 13.3. The van der Waals surface area contributed by atoms with Crippen molar-refractivity contribution in [3.05, 3.63) is 59.4 Å². The highest BCUT2D eigenvalue weighted by molar-refractivity contribution is 7.99. The third-order valence-electron chi connectivity index (χ3n) is 4.87. The molecule has 0 spiro atoms. The molecule has 28 heavy (non-hydrogen) atoms. The molecule has 0 saturated carbocycles. The van der Waals surface area contributed by atoms with Crippen molar-refractivity contribution in [1.29, 1.82) is 0 Å². The Hall–Kier alpha value is -2.42. The first-order chi connectivity index (χ1) is 13.6. The molecule has 2 amide bonds. The number of aromatic nitrogens is 2. The molecule has 0 unspecified atom stereocenters. The second-order valence-corrected chi connectivity index (χ2v) is 8.58. The summed E-state index contributed by atoms with van der Waals surface area (Å²) in [6.07, 6.45) is 2.64. The number of rotatable bonds is 3. The van der Waals surface area contributed by atoms with Crippen molar-refractivity contribution in [1.82, 2.24) is 14.9 Å². The van der Waals surface area contributed by atoms with Crippen molar-refractivity contribution >= 4 is 34.4 Å². The van der Waals surface area contributed by atoms with Crippen LogP contribution in [0.3, 0.4) is 0 Å². The molecule has 4 rings (SSSR count). The summed E-state index contributed by atoms with van der Waals surface area (Å²) < 4.78 is 0.931. The van der Waals surface area contributed by atoms with Crippen LogP contribution in [0.4, 0.5) is 9.93 Å². The van der Waals surface area contributed by atoms with E-state index in [9.17, 15) is 4.79 Å². The van der Waals surface area contributed by atoms with E-state index in [-0.39, 0.29) is 6.03 Å². The molecule has 144 valence electrons. The van der Waals surface area contributed by atoms with E-state index in [4.69, 9.17) is 5.14 Å². The zero-order valence-electron chi connectivity index (χ0n) is 15.8. The minimum atomic E-state index is -0.0400. The number of nitrogens with zero attached hydrogens (tertiary/aromatic N) is 4. The van der Waals surface area contributed by atoms with Crippen molar-refractivity contribution in [3.63, 3.8) is 0 Å². The molecule has 8 heteroatoms. The maximum Gasteiger partial charge on any atom is 0.326 e. The topological polar surface area (TPSA) is 75.4 Å². The van der Waals surface area contributed by atoms with Crippen LogP contribution < -0.4 is 10.0 Å². The second kappa shape index (κ2) is 7.90. The number of pyridine rings is 1. The van der Waals surface area contributed by atoms with Gasteiger partial charge in [-0.3, -0.25) is 15.0 Å². The zero-order valence-corrected chi connectivity index (χ0v) is 17.4. The molecule has 3 aromatic rings. The number of urea groups is 1. The van der Waals surface area contributed by atoms with Crippen LogP contribution in [0.15, 0.2) is 46.8 Å². The van der Waals surface area contributed by atoms with Gasteiger partial charge in [0.15, 0.2) is 5.13 Å². The van der Waals surface area contributed by atoms with Crippen LogP contribution >= 0.6 is 23.3 Å². The molecule has 1 aromatic carbocycles. The minimum Gasteiger partial charge on any atom is -0.320 e. The SMILES string of the molecule is Cc1nc(N(C)C(=O)N2CCc3cc(-c4ccccn4)ccc3C2)sc1SN. The van der Waals surface area contributed by atoms with E-state index < -0.39 is 0 Å². The van der Waals surface area contributed by atoms with E-state index in [0.717, 1.165) is 27.6 Å². The van der Waals surface area contributed by atoms with Gasteiger partial charge in [0.05, 0.1) is 15.6 Å². The average Bonchev–Trinajstić information content (AvgIpc) is 3.13. The predicted molar refractivity (Wildman–Crippen MR) is 114 cm³/mol. The van der Waals surface area contributed by atoms with Crippen molar-refractivity contribution < 1.29 is 4.79 Å². The molecule has 1 aliphatic heterocycles. The van der Waals surface area contributed by atoms with Gasteiger partial charge in [0.1, 0.15) is 0 Å². The fourth-order valence-electron chi connectivity index (χ4n) is 3.32. The molecule has 2 N–H and O–H groups in total. The zero-order chi connectivity index (χ0) is 19.7. The summed E-state index contributed by atoms with van der Waals surface area (Å²) in [5.74, 6) is 0. The Morgan fingerprint density at radius 1 is 1.29 bits per heavy atom. The highest BCUT2D eigenvalue weighted by Crippen LogP contribution is 2.32. The third-order valence-corrected chi connectivity index (χ3v) is 6.95. The number of thiazole rings is 1. The number of benzene rings is 1. The Bertz CT molecular complexity index is 1010. The Kier molecular flexibility index (Phi) is 5.34. The summed E-state index contributed by atoms with van der Waals surface area (Å²) in [5.41, 5.74) is 5.40. The number of nitrogens with two attached hydrogens (primary N) is 1. The molecule has 1 aliphatic rings. The van der Waals surface area contributed by atoms with Gasteiger partial charge in [0, 0.05) is 31.9 Å². The number of aryl methyl sites for hydroxylation is 1. The molecule has 3 heterocycles. The maximum absolute atomic E-state index is 13.0.